The average Bonchev–Trinajstić information content (AvgIpc) is 3.04. The highest BCUT2D eigenvalue weighted by Crippen LogP contribution is 2.31. The summed E-state index contributed by atoms with van der Waals surface area (Å²) in [5, 5.41) is 9.66. The van der Waals surface area contributed by atoms with Gasteiger partial charge in [0.25, 0.3) is 0 Å². The van der Waals surface area contributed by atoms with E-state index in [1.54, 1.807) is 0 Å². The van der Waals surface area contributed by atoms with Gasteiger partial charge in [0, 0.05) is 17.8 Å². The molecule has 0 spiro atoms. The molecule has 1 aliphatic rings. The maximum Gasteiger partial charge on any atom is 0.248 e. The van der Waals surface area contributed by atoms with Crippen LogP contribution in [-0.4, -0.2) is 16.7 Å². The lowest BCUT2D eigenvalue weighted by molar-refractivity contribution is 0.341. The number of hydrogen-bond donors (Lipinski definition) is 1. The molecule has 1 atom stereocenters. The SMILES string of the molecule is CCCCc1noc(C2NCCc3sccc32)n1. The minimum absolute atomic E-state index is 0.0860. The molecule has 1 aliphatic heterocycles. The zero-order chi connectivity index (χ0) is 12.4. The molecule has 3 heterocycles. The molecule has 3 rings (SSSR count). The van der Waals surface area contributed by atoms with Crippen molar-refractivity contribution in [3.63, 3.8) is 0 Å². The van der Waals surface area contributed by atoms with Crippen molar-refractivity contribution in [1.82, 2.24) is 15.5 Å². The highest BCUT2D eigenvalue weighted by atomic mass is 32.1. The summed E-state index contributed by atoms with van der Waals surface area (Å²) in [6.07, 6.45) is 4.27. The summed E-state index contributed by atoms with van der Waals surface area (Å²) in [5.41, 5.74) is 1.30. The smallest absolute Gasteiger partial charge is 0.248 e. The predicted molar refractivity (Wildman–Crippen MR) is 70.8 cm³/mol. The third-order valence-corrected chi connectivity index (χ3v) is 4.27. The Labute approximate surface area is 110 Å². The van der Waals surface area contributed by atoms with Crippen molar-refractivity contribution in [3.8, 4) is 0 Å². The van der Waals surface area contributed by atoms with Gasteiger partial charge in [-0.25, -0.2) is 0 Å². The van der Waals surface area contributed by atoms with E-state index < -0.39 is 0 Å². The lowest BCUT2D eigenvalue weighted by Gasteiger charge is -2.20. The van der Waals surface area contributed by atoms with Crippen LogP contribution in [0.1, 0.15) is 48.0 Å². The fourth-order valence-electron chi connectivity index (χ4n) is 2.29. The van der Waals surface area contributed by atoms with Crippen molar-refractivity contribution in [3.05, 3.63) is 33.6 Å². The van der Waals surface area contributed by atoms with Crippen molar-refractivity contribution in [1.29, 1.82) is 0 Å². The van der Waals surface area contributed by atoms with Crippen molar-refractivity contribution in [2.75, 3.05) is 6.54 Å². The number of nitrogens with zero attached hydrogens (tertiary/aromatic N) is 2. The first-order valence-corrected chi connectivity index (χ1v) is 7.38. The molecule has 0 bridgehead atoms. The van der Waals surface area contributed by atoms with E-state index in [0.29, 0.717) is 5.89 Å². The van der Waals surface area contributed by atoms with Crippen LogP contribution in [-0.2, 0) is 12.8 Å². The highest BCUT2D eigenvalue weighted by molar-refractivity contribution is 7.10. The minimum Gasteiger partial charge on any atom is -0.337 e. The number of nitrogens with one attached hydrogen (secondary N) is 1. The molecule has 0 saturated heterocycles. The van der Waals surface area contributed by atoms with E-state index >= 15 is 0 Å². The van der Waals surface area contributed by atoms with E-state index in [-0.39, 0.29) is 6.04 Å². The summed E-state index contributed by atoms with van der Waals surface area (Å²) in [6, 6.07) is 2.25. The Morgan fingerprint density at radius 1 is 1.56 bits per heavy atom. The van der Waals surface area contributed by atoms with Gasteiger partial charge in [0.2, 0.25) is 5.89 Å². The largest absolute Gasteiger partial charge is 0.337 e. The topological polar surface area (TPSA) is 51.0 Å². The van der Waals surface area contributed by atoms with Crippen LogP contribution in [0, 0.1) is 0 Å². The summed E-state index contributed by atoms with van der Waals surface area (Å²) >= 11 is 1.81. The Kier molecular flexibility index (Phi) is 3.43. The number of rotatable bonds is 4. The second-order valence-corrected chi connectivity index (χ2v) is 5.59. The van der Waals surface area contributed by atoms with Crippen molar-refractivity contribution in [2.24, 2.45) is 0 Å². The maximum absolute atomic E-state index is 5.41. The van der Waals surface area contributed by atoms with Gasteiger partial charge in [-0.3, -0.25) is 0 Å². The zero-order valence-corrected chi connectivity index (χ0v) is 11.3. The van der Waals surface area contributed by atoms with Crippen LogP contribution >= 0.6 is 11.3 Å². The Hall–Kier alpha value is -1.20. The molecule has 1 N–H and O–H groups in total. The summed E-state index contributed by atoms with van der Waals surface area (Å²) in [4.78, 5) is 5.95. The number of aryl methyl sites for hydroxylation is 1. The van der Waals surface area contributed by atoms with Crippen LogP contribution < -0.4 is 5.32 Å². The van der Waals surface area contributed by atoms with Crippen LogP contribution in [0.3, 0.4) is 0 Å². The molecule has 2 aromatic heterocycles. The highest BCUT2D eigenvalue weighted by Gasteiger charge is 2.26. The van der Waals surface area contributed by atoms with Crippen LogP contribution in [0.4, 0.5) is 0 Å². The fourth-order valence-corrected chi connectivity index (χ4v) is 3.21. The quantitative estimate of drug-likeness (QED) is 0.921. The van der Waals surface area contributed by atoms with Crippen LogP contribution in [0.25, 0.3) is 0 Å². The number of hydrogen-bond acceptors (Lipinski definition) is 5. The van der Waals surface area contributed by atoms with Crippen molar-refractivity contribution < 1.29 is 4.52 Å². The number of aromatic nitrogens is 2. The minimum atomic E-state index is 0.0860. The van der Waals surface area contributed by atoms with E-state index in [9.17, 15) is 0 Å². The fraction of sp³-hybridized carbons (Fsp3) is 0.538. The molecule has 0 aliphatic carbocycles. The van der Waals surface area contributed by atoms with Gasteiger partial charge in [-0.2, -0.15) is 4.98 Å². The number of unbranched alkanes of at least 4 members (excludes halogenated alkanes) is 1. The van der Waals surface area contributed by atoms with E-state index in [1.807, 2.05) is 11.3 Å². The summed E-state index contributed by atoms with van der Waals surface area (Å²) in [5.74, 6) is 1.54. The van der Waals surface area contributed by atoms with Crippen LogP contribution in [0.15, 0.2) is 16.0 Å². The predicted octanol–water partition coefficient (Wildman–Crippen LogP) is 2.71. The lowest BCUT2D eigenvalue weighted by Crippen LogP contribution is -2.29. The first-order valence-electron chi connectivity index (χ1n) is 6.50. The third kappa shape index (κ3) is 2.20. The first kappa shape index (κ1) is 11.9. The molecule has 2 aromatic rings. The lowest BCUT2D eigenvalue weighted by atomic mass is 10.0. The van der Waals surface area contributed by atoms with E-state index in [2.05, 4.69) is 33.8 Å². The Morgan fingerprint density at radius 3 is 3.39 bits per heavy atom. The van der Waals surface area contributed by atoms with Gasteiger partial charge in [-0.15, -0.1) is 11.3 Å². The van der Waals surface area contributed by atoms with Gasteiger partial charge >= 0.3 is 0 Å². The van der Waals surface area contributed by atoms with Crippen LogP contribution in [0.5, 0.6) is 0 Å². The molecule has 18 heavy (non-hydrogen) atoms. The van der Waals surface area contributed by atoms with Crippen molar-refractivity contribution in [2.45, 2.75) is 38.6 Å². The summed E-state index contributed by atoms with van der Waals surface area (Å²) < 4.78 is 5.41. The molecule has 0 radical (unpaired) electrons. The molecule has 5 heteroatoms. The third-order valence-electron chi connectivity index (χ3n) is 3.28. The standard InChI is InChI=1S/C13H17N3OS/c1-2-3-4-11-15-13(17-16-11)12-9-6-8-18-10(9)5-7-14-12/h6,8,12,14H,2-5,7H2,1H3. The molecule has 4 nitrogen and oxygen atoms in total. The van der Waals surface area contributed by atoms with Gasteiger partial charge < -0.3 is 9.84 Å². The Bertz CT molecular complexity index is 520. The molecular formula is C13H17N3OS. The number of fused-ring (bicyclic) bond motifs is 1. The monoisotopic (exact) mass is 263 g/mol. The second kappa shape index (κ2) is 5.20. The molecule has 0 amide bonds. The molecule has 0 fully saturated rings. The van der Waals surface area contributed by atoms with Gasteiger partial charge in [-0.05, 0) is 29.9 Å². The zero-order valence-electron chi connectivity index (χ0n) is 10.5. The molecule has 96 valence electrons. The van der Waals surface area contributed by atoms with Crippen molar-refractivity contribution >= 4 is 11.3 Å². The second-order valence-electron chi connectivity index (χ2n) is 4.59. The molecule has 1 unspecified atom stereocenters. The molecule has 0 aromatic carbocycles. The number of thiophene rings is 1. The van der Waals surface area contributed by atoms with E-state index in [4.69, 9.17) is 4.52 Å². The van der Waals surface area contributed by atoms with Gasteiger partial charge in [0.05, 0.1) is 0 Å². The van der Waals surface area contributed by atoms with Crippen LogP contribution in [0.2, 0.25) is 0 Å². The summed E-state index contributed by atoms with van der Waals surface area (Å²) in [6.45, 7) is 3.15. The Morgan fingerprint density at radius 2 is 2.50 bits per heavy atom. The van der Waals surface area contributed by atoms with E-state index in [0.717, 1.165) is 38.1 Å². The Balaban J connectivity index is 1.82. The molecular weight excluding hydrogens is 246 g/mol. The average molecular weight is 263 g/mol. The normalized spacial score (nSPS) is 18.8. The van der Waals surface area contributed by atoms with Gasteiger partial charge in [-0.1, -0.05) is 18.5 Å². The van der Waals surface area contributed by atoms with Gasteiger partial charge in [0.1, 0.15) is 6.04 Å². The van der Waals surface area contributed by atoms with E-state index in [1.165, 1.54) is 10.4 Å². The first-order chi connectivity index (χ1) is 8.88. The maximum atomic E-state index is 5.41. The van der Waals surface area contributed by atoms with Gasteiger partial charge in [0.15, 0.2) is 5.82 Å². The summed E-state index contributed by atoms with van der Waals surface area (Å²) in [7, 11) is 0. The molecule has 0 saturated carbocycles.